The van der Waals surface area contributed by atoms with E-state index in [1.807, 2.05) is 0 Å². The predicted octanol–water partition coefficient (Wildman–Crippen LogP) is 11.4. The minimum Gasteiger partial charge on any atom is -0.418 e. The van der Waals surface area contributed by atoms with Crippen molar-refractivity contribution < 1.29 is 96.4 Å². The van der Waals surface area contributed by atoms with Crippen LogP contribution in [0.5, 0.6) is 0 Å². The second-order valence-electron chi connectivity index (χ2n) is 15.0. The van der Waals surface area contributed by atoms with Crippen LogP contribution in [-0.4, -0.2) is 63.5 Å². The van der Waals surface area contributed by atoms with E-state index in [-0.39, 0.29) is 0 Å². The van der Waals surface area contributed by atoms with Crippen LogP contribution in [0.15, 0.2) is 109 Å². The van der Waals surface area contributed by atoms with Gasteiger partial charge < -0.3 is 44.3 Å². The quantitative estimate of drug-likeness (QED) is 0.101. The zero-order chi connectivity index (χ0) is 52.7. The number of amidine groups is 2. The molecule has 5 aromatic carbocycles. The molecule has 28 heteroatoms. The molecule has 0 aliphatic carbocycles. The van der Waals surface area contributed by atoms with Crippen LogP contribution in [0.1, 0.15) is 33.4 Å². The van der Waals surface area contributed by atoms with Crippen LogP contribution < -0.4 is 30.9 Å². The van der Waals surface area contributed by atoms with E-state index >= 15 is 0 Å². The first-order chi connectivity index (χ1) is 31.9. The lowest BCUT2D eigenvalue weighted by Gasteiger charge is -2.19. The maximum Gasteiger partial charge on any atom is 0.673 e. The van der Waals surface area contributed by atoms with Crippen LogP contribution in [-0.2, 0) is 24.7 Å². The summed E-state index contributed by atoms with van der Waals surface area (Å²) in [7, 11) is -5.63. The number of fused-ring (bicyclic) bond motifs is 2. The molecule has 0 bridgehead atoms. The maximum atomic E-state index is 13.5. The van der Waals surface area contributed by atoms with E-state index in [0.717, 1.165) is 48.5 Å². The van der Waals surface area contributed by atoms with Crippen molar-refractivity contribution in [1.82, 2.24) is 10.6 Å². The molecule has 0 aromatic heterocycles. The molecule has 2 N–H and O–H groups in total. The van der Waals surface area contributed by atoms with Gasteiger partial charge in [0.25, 0.3) is 11.7 Å². The van der Waals surface area contributed by atoms with Crippen molar-refractivity contribution in [3.63, 3.8) is 0 Å². The number of benzene rings is 5. The molecule has 0 saturated carbocycles. The fourth-order valence-corrected chi connectivity index (χ4v) is 6.95. The summed E-state index contributed by atoms with van der Waals surface area (Å²) < 4.78 is 243. The van der Waals surface area contributed by atoms with Gasteiger partial charge in [0, 0.05) is 25.5 Å². The molecule has 7 rings (SSSR count). The van der Waals surface area contributed by atoms with Gasteiger partial charge in [-0.3, -0.25) is 0 Å². The Morgan fingerprint density at radius 1 is 0.386 bits per heavy atom. The van der Waals surface area contributed by atoms with E-state index in [2.05, 4.69) is 10.6 Å². The van der Waals surface area contributed by atoms with Gasteiger partial charge in [0.2, 0.25) is 11.6 Å². The van der Waals surface area contributed by atoms with E-state index in [4.69, 9.17) is 0 Å². The number of rotatable bonds is 6. The third kappa shape index (κ3) is 13.2. The lowest BCUT2D eigenvalue weighted by Crippen LogP contribution is -2.33. The summed E-state index contributed by atoms with van der Waals surface area (Å²) in [6.07, 6.45) is -18.4. The first kappa shape index (κ1) is 54.1. The summed E-state index contributed by atoms with van der Waals surface area (Å²) in [6, 6.07) is 20.9. The van der Waals surface area contributed by atoms with E-state index in [1.54, 1.807) is 59.3 Å². The van der Waals surface area contributed by atoms with E-state index in [1.165, 1.54) is 48.5 Å². The van der Waals surface area contributed by atoms with E-state index < -0.39 is 61.5 Å². The third-order valence-electron chi connectivity index (χ3n) is 10.3. The summed E-state index contributed by atoms with van der Waals surface area (Å²) in [5, 5.41) is 7.55. The van der Waals surface area contributed by atoms with Crippen molar-refractivity contribution in [1.29, 1.82) is 0 Å². The molecule has 0 radical (unpaired) electrons. The number of halogens is 20. The highest BCUT2D eigenvalue weighted by Crippen LogP contribution is 2.35. The Hall–Kier alpha value is -6.89. The molecule has 0 amide bonds. The first-order valence-electron chi connectivity index (χ1n) is 19.5. The summed E-state index contributed by atoms with van der Waals surface area (Å²) >= 11 is 0. The molecular formula is C42H32B2F20N6. The van der Waals surface area contributed by atoms with Crippen LogP contribution in [0.2, 0.25) is 0 Å². The smallest absolute Gasteiger partial charge is 0.418 e. The topological polar surface area (TPSA) is 36.6 Å². The highest BCUT2D eigenvalue weighted by Gasteiger charge is 2.39. The summed E-state index contributed by atoms with van der Waals surface area (Å²) in [5.74, 6) is 1.40. The lowest BCUT2D eigenvalue weighted by molar-refractivity contribution is -0.406. The van der Waals surface area contributed by atoms with Crippen LogP contribution in [0.4, 0.5) is 110 Å². The Morgan fingerprint density at radius 3 is 0.814 bits per heavy atom. The minimum absolute atomic E-state index is 0.328. The molecule has 0 spiro atoms. The van der Waals surface area contributed by atoms with Crippen molar-refractivity contribution in [2.45, 2.75) is 24.7 Å². The van der Waals surface area contributed by atoms with E-state index in [9.17, 15) is 87.2 Å². The number of hydrogen-bond acceptors (Lipinski definition) is 2. The van der Waals surface area contributed by atoms with Gasteiger partial charge >= 0.3 is 39.2 Å². The normalized spacial score (nSPS) is 15.4. The number of nitrogens with one attached hydrogen (secondary N) is 2. The molecular weight excluding hydrogens is 990 g/mol. The number of nitrogens with zero attached hydrogens (tertiary/aromatic N) is 4. The Labute approximate surface area is 383 Å². The average molecular weight is 1020 g/mol. The highest BCUT2D eigenvalue weighted by atomic mass is 19.5. The molecule has 2 heterocycles. The summed E-state index contributed by atoms with van der Waals surface area (Å²) in [5.41, 5.74) is -1.26. The molecule has 2 aliphatic heterocycles. The Balaban J connectivity index is 0.000000829. The fraction of sp³-hybridized carbons (Fsp3) is 0.190. The first-order valence-corrected chi connectivity index (χ1v) is 19.5. The second kappa shape index (κ2) is 19.5. The monoisotopic (exact) mass is 1020 g/mol. The number of alkyl halides is 12. The van der Waals surface area contributed by atoms with Gasteiger partial charge in [-0.1, -0.05) is 0 Å². The Kier molecular flexibility index (Phi) is 15.0. The molecule has 0 unspecified atom stereocenters. The molecule has 376 valence electrons. The zero-order valence-electron chi connectivity index (χ0n) is 35.9. The van der Waals surface area contributed by atoms with Gasteiger partial charge in [-0.25, -0.2) is 19.8 Å². The van der Waals surface area contributed by atoms with Crippen LogP contribution >= 0.6 is 0 Å². The summed E-state index contributed by atoms with van der Waals surface area (Å²) in [4.78, 5) is 3.17. The van der Waals surface area contributed by atoms with Crippen molar-refractivity contribution in [3.05, 3.63) is 153 Å². The summed E-state index contributed by atoms with van der Waals surface area (Å²) in [6.45, 7) is 0. The zero-order valence-corrected chi connectivity index (χ0v) is 35.9. The second-order valence-corrected chi connectivity index (χ2v) is 15.0. The Bertz CT molecular complexity index is 2670. The molecule has 0 saturated heterocycles. The fourth-order valence-electron chi connectivity index (χ4n) is 6.95. The highest BCUT2D eigenvalue weighted by molar-refractivity contribution is 6.50. The van der Waals surface area contributed by atoms with Crippen LogP contribution in [0.3, 0.4) is 0 Å². The van der Waals surface area contributed by atoms with Crippen molar-refractivity contribution in [3.8, 4) is 0 Å². The van der Waals surface area contributed by atoms with Crippen LogP contribution in [0.25, 0.3) is 11.6 Å². The molecule has 0 fully saturated rings. The van der Waals surface area contributed by atoms with Crippen molar-refractivity contribution in [2.75, 3.05) is 38.0 Å². The number of anilines is 2. The van der Waals surface area contributed by atoms with Crippen molar-refractivity contribution >= 4 is 60.6 Å². The minimum atomic E-state index is -6.00. The molecule has 2 aliphatic rings. The van der Waals surface area contributed by atoms with Crippen LogP contribution in [0, 0.1) is 0 Å². The average Bonchev–Trinajstić information content (AvgIpc) is 3.81. The molecule has 5 aromatic rings. The third-order valence-corrected chi connectivity index (χ3v) is 10.3. The maximum absolute atomic E-state index is 13.5. The van der Waals surface area contributed by atoms with Gasteiger partial charge in [0.1, 0.15) is 11.4 Å². The van der Waals surface area contributed by atoms with Crippen molar-refractivity contribution in [2.24, 2.45) is 0 Å². The van der Waals surface area contributed by atoms with E-state index in [0.29, 0.717) is 67.6 Å². The van der Waals surface area contributed by atoms with Gasteiger partial charge in [-0.2, -0.15) is 52.7 Å². The van der Waals surface area contributed by atoms with Gasteiger partial charge in [0.05, 0.1) is 57.9 Å². The lowest BCUT2D eigenvalue weighted by atomic mass is 10.1. The SMILES string of the molecule is CN(C1=c2cc3c(cc2C(=[N+](C)c2ccc(C(F)(F)F)cc2)N1)=C(N(C)c1ccc(C(F)(F)F)cc1)NC3=[N+](C)c1ccc(C(F)(F)F)cc1)c1ccc(C(F)(F)F)cc1.F[B-](F)(F)F.F[B-](F)(F)F. The molecule has 6 nitrogen and oxygen atoms in total. The molecule has 70 heavy (non-hydrogen) atoms. The number of hydrogen-bond donors (Lipinski definition) is 2. The largest absolute Gasteiger partial charge is 0.673 e. The van der Waals surface area contributed by atoms with Gasteiger partial charge in [0.15, 0.2) is 0 Å². The standard InChI is InChI=1S/C42H30F12N6.2BF4/c1-57(27-13-5-23(6-14-27)39(43,44)45)35-31-21-33-34(22-32(31)36(55-35)58(2)28-15-7-24(8-16-28)40(46,47)48)38(60(4)30-19-11-26(12-20-30)42(52,53)54)56-37(33)59(3)29-17-9-25(10-18-29)41(49,50)51;2*2-1(3,4)5/h5-22H,1-4H3;;/q;2*-1/p+2. The molecule has 0 atom stereocenters. The van der Waals surface area contributed by atoms with Gasteiger partial charge in [-0.05, 0) is 109 Å². The van der Waals surface area contributed by atoms with Gasteiger partial charge in [-0.15, -0.1) is 0 Å². The predicted molar refractivity (Wildman–Crippen MR) is 222 cm³/mol. The Morgan fingerprint density at radius 2 is 0.600 bits per heavy atom.